The molecule has 0 aliphatic carbocycles. The minimum atomic E-state index is 1.07. The second-order valence-electron chi connectivity index (χ2n) is 2.37. The van der Waals surface area contributed by atoms with E-state index < -0.39 is 0 Å². The lowest BCUT2D eigenvalue weighted by atomic mass is 10.2. The minimum Gasteiger partial charge on any atom is -0.108 e. The molecule has 0 radical (unpaired) electrons. The highest BCUT2D eigenvalue weighted by Crippen LogP contribution is 2.09. The SMILES string of the molecule is C=PCc1ccc(C)cc1. The largest absolute Gasteiger partial charge is 0.108 e. The number of aryl methyl sites for hydroxylation is 1. The Hall–Kier alpha value is -0.610. The molecule has 0 N–H and O–H groups in total. The molecular formula is C9H11P. The molecule has 1 heteroatoms. The molecule has 0 unspecified atom stereocenters. The van der Waals surface area contributed by atoms with Crippen molar-refractivity contribution in [2.75, 3.05) is 0 Å². The van der Waals surface area contributed by atoms with Gasteiger partial charge >= 0.3 is 0 Å². The smallest absolute Gasteiger partial charge is 0.0140 e. The van der Waals surface area contributed by atoms with E-state index in [2.05, 4.69) is 37.5 Å². The summed E-state index contributed by atoms with van der Waals surface area (Å²) in [7, 11) is 1.20. The van der Waals surface area contributed by atoms with Crippen LogP contribution in [0.4, 0.5) is 0 Å². The van der Waals surface area contributed by atoms with Crippen LogP contribution in [0.3, 0.4) is 0 Å². The highest BCUT2D eigenvalue weighted by Gasteiger charge is 1.86. The van der Waals surface area contributed by atoms with Crippen molar-refractivity contribution in [3.05, 3.63) is 35.4 Å². The quantitative estimate of drug-likeness (QED) is 0.568. The number of rotatable bonds is 2. The highest BCUT2D eigenvalue weighted by atomic mass is 31.1. The van der Waals surface area contributed by atoms with Crippen LogP contribution in [0.1, 0.15) is 11.1 Å². The van der Waals surface area contributed by atoms with Crippen molar-refractivity contribution in [2.24, 2.45) is 0 Å². The van der Waals surface area contributed by atoms with Gasteiger partial charge < -0.3 is 0 Å². The highest BCUT2D eigenvalue weighted by molar-refractivity contribution is 7.35. The lowest BCUT2D eigenvalue weighted by molar-refractivity contribution is 1.37. The molecule has 1 aromatic rings. The van der Waals surface area contributed by atoms with Gasteiger partial charge in [-0.3, -0.25) is 0 Å². The van der Waals surface area contributed by atoms with E-state index in [1.54, 1.807) is 0 Å². The summed E-state index contributed by atoms with van der Waals surface area (Å²) in [5, 5.41) is 0. The average Bonchev–Trinajstić information content (AvgIpc) is 1.95. The van der Waals surface area contributed by atoms with Gasteiger partial charge in [0.15, 0.2) is 0 Å². The number of hydrogen-bond acceptors (Lipinski definition) is 0. The van der Waals surface area contributed by atoms with Crippen LogP contribution >= 0.6 is 8.20 Å². The monoisotopic (exact) mass is 150 g/mol. The molecule has 0 aliphatic rings. The second-order valence-corrected chi connectivity index (χ2v) is 3.13. The van der Waals surface area contributed by atoms with Gasteiger partial charge in [0.25, 0.3) is 0 Å². The van der Waals surface area contributed by atoms with Crippen molar-refractivity contribution < 1.29 is 0 Å². The van der Waals surface area contributed by atoms with Crippen LogP contribution in [0.25, 0.3) is 0 Å². The predicted octanol–water partition coefficient (Wildman–Crippen LogP) is 2.87. The summed E-state index contributed by atoms with van der Waals surface area (Å²) >= 11 is 0. The number of benzene rings is 1. The first-order valence-electron chi connectivity index (χ1n) is 3.31. The zero-order valence-electron chi connectivity index (χ0n) is 6.17. The summed E-state index contributed by atoms with van der Waals surface area (Å²) in [6, 6.07) is 8.60. The Labute approximate surface area is 63.7 Å². The molecule has 0 aromatic heterocycles. The molecule has 0 fully saturated rings. The first-order chi connectivity index (χ1) is 4.83. The summed E-state index contributed by atoms with van der Waals surface area (Å²) in [6.07, 6.45) is 4.85. The van der Waals surface area contributed by atoms with Crippen LogP contribution in [0.2, 0.25) is 0 Å². The van der Waals surface area contributed by atoms with Gasteiger partial charge in [-0.1, -0.05) is 36.1 Å². The molecule has 10 heavy (non-hydrogen) atoms. The van der Waals surface area contributed by atoms with Crippen molar-refractivity contribution in [1.82, 2.24) is 0 Å². The van der Waals surface area contributed by atoms with Crippen LogP contribution in [0, 0.1) is 6.92 Å². The molecule has 0 aliphatic heterocycles. The van der Waals surface area contributed by atoms with Gasteiger partial charge in [0.1, 0.15) is 0 Å². The fourth-order valence-electron chi connectivity index (χ4n) is 0.823. The van der Waals surface area contributed by atoms with Gasteiger partial charge in [-0.15, -0.1) is 8.20 Å². The Kier molecular flexibility index (Phi) is 2.65. The van der Waals surface area contributed by atoms with Crippen LogP contribution in [0.15, 0.2) is 24.3 Å². The molecule has 1 aromatic carbocycles. The molecule has 0 bridgehead atoms. The van der Waals surface area contributed by atoms with Crippen molar-refractivity contribution in [2.45, 2.75) is 13.1 Å². The molecule has 0 saturated carbocycles. The molecular weight excluding hydrogens is 139 g/mol. The third kappa shape index (κ3) is 1.97. The van der Waals surface area contributed by atoms with Gasteiger partial charge in [-0.25, -0.2) is 0 Å². The van der Waals surface area contributed by atoms with Crippen LogP contribution in [0.5, 0.6) is 0 Å². The van der Waals surface area contributed by atoms with Crippen LogP contribution in [-0.2, 0) is 6.16 Å². The third-order valence-corrected chi connectivity index (χ3v) is 2.00. The fraction of sp³-hybridized carbons (Fsp3) is 0.222. The van der Waals surface area contributed by atoms with Crippen molar-refractivity contribution in [1.29, 1.82) is 0 Å². The second kappa shape index (κ2) is 3.53. The van der Waals surface area contributed by atoms with Gasteiger partial charge in [0.05, 0.1) is 0 Å². The first kappa shape index (κ1) is 7.50. The maximum Gasteiger partial charge on any atom is 0.0140 e. The van der Waals surface area contributed by atoms with Gasteiger partial charge in [0, 0.05) is 6.16 Å². The lowest BCUT2D eigenvalue weighted by Crippen LogP contribution is -1.76. The van der Waals surface area contributed by atoms with Crippen molar-refractivity contribution in [3.63, 3.8) is 0 Å². The summed E-state index contributed by atoms with van der Waals surface area (Å²) in [5.74, 6) is 0. The van der Waals surface area contributed by atoms with E-state index in [1.807, 2.05) is 0 Å². The Bertz CT molecular complexity index is 211. The van der Waals surface area contributed by atoms with E-state index in [4.69, 9.17) is 0 Å². The van der Waals surface area contributed by atoms with E-state index in [9.17, 15) is 0 Å². The summed E-state index contributed by atoms with van der Waals surface area (Å²) < 4.78 is 0. The average molecular weight is 150 g/mol. The zero-order valence-corrected chi connectivity index (χ0v) is 7.07. The zero-order chi connectivity index (χ0) is 7.40. The maximum absolute atomic E-state index is 3.78. The molecule has 1 rings (SSSR count). The summed E-state index contributed by atoms with van der Waals surface area (Å²) in [5.41, 5.74) is 2.70. The van der Waals surface area contributed by atoms with E-state index in [0.717, 1.165) is 6.16 Å². The van der Waals surface area contributed by atoms with Gasteiger partial charge in [-0.2, -0.15) is 0 Å². The molecule has 0 spiro atoms. The Morgan fingerprint density at radius 2 is 1.90 bits per heavy atom. The molecule has 52 valence electrons. The van der Waals surface area contributed by atoms with E-state index in [1.165, 1.54) is 19.3 Å². The number of hydrogen-bond donors (Lipinski definition) is 0. The standard InChI is InChI=1S/C9H11P/c1-8-3-5-9(6-4-8)7-10-2/h3-6H,2,7H2,1H3. The van der Waals surface area contributed by atoms with Gasteiger partial charge in [-0.05, 0) is 12.5 Å². The molecule has 0 atom stereocenters. The Balaban J connectivity index is 2.78. The minimum absolute atomic E-state index is 1.07. The van der Waals surface area contributed by atoms with E-state index >= 15 is 0 Å². The molecule has 0 heterocycles. The maximum atomic E-state index is 3.78. The van der Waals surface area contributed by atoms with Gasteiger partial charge in [0.2, 0.25) is 0 Å². The molecule has 0 amide bonds. The predicted molar refractivity (Wildman–Crippen MR) is 48.9 cm³/mol. The Morgan fingerprint density at radius 3 is 2.40 bits per heavy atom. The van der Waals surface area contributed by atoms with Crippen molar-refractivity contribution >= 4 is 14.5 Å². The van der Waals surface area contributed by atoms with Crippen LogP contribution < -0.4 is 0 Å². The van der Waals surface area contributed by atoms with Crippen molar-refractivity contribution in [3.8, 4) is 0 Å². The molecule has 0 nitrogen and oxygen atoms in total. The van der Waals surface area contributed by atoms with Crippen LogP contribution in [-0.4, -0.2) is 6.30 Å². The fourth-order valence-corrected chi connectivity index (χ4v) is 1.29. The Morgan fingerprint density at radius 1 is 1.30 bits per heavy atom. The molecule has 0 saturated heterocycles. The topological polar surface area (TPSA) is 0 Å². The third-order valence-electron chi connectivity index (χ3n) is 1.41. The van der Waals surface area contributed by atoms with E-state index in [-0.39, 0.29) is 0 Å². The summed E-state index contributed by atoms with van der Waals surface area (Å²) in [6.45, 7) is 2.10. The van der Waals surface area contributed by atoms with E-state index in [0.29, 0.717) is 0 Å². The first-order valence-corrected chi connectivity index (χ1v) is 4.57. The lowest BCUT2D eigenvalue weighted by Gasteiger charge is -1.94. The summed E-state index contributed by atoms with van der Waals surface area (Å²) in [4.78, 5) is 0. The normalized spacial score (nSPS) is 10.1.